The van der Waals surface area contributed by atoms with Gasteiger partial charge in [0.25, 0.3) is 11.8 Å². The number of carbonyl (C=O) groups is 3. The van der Waals surface area contributed by atoms with Crippen LogP contribution in [0.25, 0.3) is 6.08 Å². The largest absolute Gasteiger partial charge is 0.494 e. The number of barbiturate groups is 1. The van der Waals surface area contributed by atoms with Crippen LogP contribution >= 0.6 is 0 Å². The van der Waals surface area contributed by atoms with Gasteiger partial charge in [0.2, 0.25) is 0 Å². The van der Waals surface area contributed by atoms with E-state index in [0.717, 1.165) is 37.9 Å². The molecule has 4 amide bonds. The molecule has 2 aliphatic rings. The number of nitrogens with one attached hydrogen (secondary N) is 1. The Hall–Kier alpha value is -2.63. The highest BCUT2D eigenvalue weighted by atomic mass is 16.5. The van der Waals surface area contributed by atoms with E-state index >= 15 is 0 Å². The molecule has 0 aromatic heterocycles. The topological polar surface area (TPSA) is 75.7 Å². The number of urea groups is 1. The Labute approximate surface area is 146 Å². The van der Waals surface area contributed by atoms with E-state index in [1.807, 2.05) is 6.92 Å². The second kappa shape index (κ2) is 7.51. The molecule has 0 atom stereocenters. The fourth-order valence-corrected chi connectivity index (χ4v) is 3.34. The molecule has 1 saturated carbocycles. The molecule has 3 rings (SSSR count). The standard InChI is InChI=1S/C19H22N2O4/c1-2-25-15-10-8-13(9-11-15)12-16-17(22)20-19(24)21(18(16)23)14-6-4-3-5-7-14/h8-12,14H,2-7H2,1H3,(H,20,22,24). The zero-order chi connectivity index (χ0) is 17.8. The summed E-state index contributed by atoms with van der Waals surface area (Å²) < 4.78 is 5.38. The van der Waals surface area contributed by atoms with Gasteiger partial charge < -0.3 is 4.74 Å². The van der Waals surface area contributed by atoms with Crippen LogP contribution in [0.4, 0.5) is 4.79 Å². The summed E-state index contributed by atoms with van der Waals surface area (Å²) in [6, 6.07) is 6.39. The third kappa shape index (κ3) is 3.73. The Balaban J connectivity index is 1.84. The SMILES string of the molecule is CCOc1ccc(C=C2C(=O)NC(=O)N(C3CCCCC3)C2=O)cc1. The molecule has 1 aliphatic carbocycles. The summed E-state index contributed by atoms with van der Waals surface area (Å²) in [5, 5.41) is 2.29. The normalized spacial score (nSPS) is 20.8. The van der Waals surface area contributed by atoms with Crippen molar-refractivity contribution in [3.05, 3.63) is 35.4 Å². The number of hydrogen-bond donors (Lipinski definition) is 1. The lowest BCUT2D eigenvalue weighted by Gasteiger charge is -2.35. The third-order valence-electron chi connectivity index (χ3n) is 4.58. The number of hydrogen-bond acceptors (Lipinski definition) is 4. The zero-order valence-electron chi connectivity index (χ0n) is 14.3. The minimum absolute atomic E-state index is 0.00525. The number of amides is 4. The van der Waals surface area contributed by atoms with E-state index in [2.05, 4.69) is 5.32 Å². The molecular formula is C19H22N2O4. The van der Waals surface area contributed by atoms with Crippen LogP contribution in [0.1, 0.15) is 44.6 Å². The number of imide groups is 2. The van der Waals surface area contributed by atoms with Crippen LogP contribution in [0.15, 0.2) is 29.8 Å². The molecule has 25 heavy (non-hydrogen) atoms. The molecule has 6 heteroatoms. The van der Waals surface area contributed by atoms with Gasteiger partial charge in [-0.2, -0.15) is 0 Å². The minimum atomic E-state index is -0.643. The van der Waals surface area contributed by atoms with Gasteiger partial charge in [-0.15, -0.1) is 0 Å². The fraction of sp³-hybridized carbons (Fsp3) is 0.421. The van der Waals surface area contributed by atoms with Crippen molar-refractivity contribution in [3.8, 4) is 5.75 Å². The van der Waals surface area contributed by atoms with Crippen LogP contribution in [0.5, 0.6) is 5.75 Å². The van der Waals surface area contributed by atoms with Crippen LogP contribution in [-0.4, -0.2) is 35.4 Å². The number of rotatable bonds is 4. The molecule has 1 N–H and O–H groups in total. The van der Waals surface area contributed by atoms with Gasteiger partial charge in [0, 0.05) is 6.04 Å². The average Bonchev–Trinajstić information content (AvgIpc) is 2.61. The molecule has 1 heterocycles. The fourth-order valence-electron chi connectivity index (χ4n) is 3.34. The lowest BCUT2D eigenvalue weighted by atomic mass is 9.93. The van der Waals surface area contributed by atoms with Crippen molar-refractivity contribution in [3.63, 3.8) is 0 Å². The van der Waals surface area contributed by atoms with Crippen molar-refractivity contribution in [2.75, 3.05) is 6.61 Å². The highest BCUT2D eigenvalue weighted by Crippen LogP contribution is 2.26. The van der Waals surface area contributed by atoms with Gasteiger partial charge in [-0.3, -0.25) is 19.8 Å². The summed E-state index contributed by atoms with van der Waals surface area (Å²) in [5.74, 6) is -0.423. The van der Waals surface area contributed by atoms with E-state index in [4.69, 9.17) is 4.74 Å². The molecule has 6 nitrogen and oxygen atoms in total. The van der Waals surface area contributed by atoms with Gasteiger partial charge in [0.05, 0.1) is 6.61 Å². The molecule has 1 saturated heterocycles. The zero-order valence-corrected chi connectivity index (χ0v) is 14.3. The van der Waals surface area contributed by atoms with Gasteiger partial charge >= 0.3 is 6.03 Å². The van der Waals surface area contributed by atoms with Gasteiger partial charge in [0.1, 0.15) is 11.3 Å². The molecule has 1 aliphatic heterocycles. The molecule has 0 bridgehead atoms. The van der Waals surface area contributed by atoms with Crippen LogP contribution < -0.4 is 10.1 Å². The summed E-state index contributed by atoms with van der Waals surface area (Å²) in [5.41, 5.74) is 0.703. The first-order valence-electron chi connectivity index (χ1n) is 8.73. The summed E-state index contributed by atoms with van der Waals surface area (Å²) >= 11 is 0. The second-order valence-corrected chi connectivity index (χ2v) is 6.29. The first kappa shape index (κ1) is 17.2. The van der Waals surface area contributed by atoms with E-state index in [0.29, 0.717) is 12.2 Å². The van der Waals surface area contributed by atoms with Gasteiger partial charge in [-0.05, 0) is 43.5 Å². The third-order valence-corrected chi connectivity index (χ3v) is 4.58. The Morgan fingerprint density at radius 3 is 2.44 bits per heavy atom. The van der Waals surface area contributed by atoms with E-state index in [-0.39, 0.29) is 11.6 Å². The Morgan fingerprint density at radius 2 is 1.80 bits per heavy atom. The number of ether oxygens (including phenoxy) is 1. The molecule has 132 valence electrons. The lowest BCUT2D eigenvalue weighted by Crippen LogP contribution is -2.58. The molecule has 0 spiro atoms. The van der Waals surface area contributed by atoms with E-state index in [1.54, 1.807) is 24.3 Å². The molecule has 1 aromatic carbocycles. The highest BCUT2D eigenvalue weighted by molar-refractivity contribution is 6.31. The molecule has 2 fully saturated rings. The highest BCUT2D eigenvalue weighted by Gasteiger charge is 2.40. The number of nitrogens with zero attached hydrogens (tertiary/aromatic N) is 1. The van der Waals surface area contributed by atoms with Crippen LogP contribution in [-0.2, 0) is 9.59 Å². The van der Waals surface area contributed by atoms with Crippen molar-refractivity contribution in [1.82, 2.24) is 10.2 Å². The van der Waals surface area contributed by atoms with Crippen molar-refractivity contribution in [2.24, 2.45) is 0 Å². The van der Waals surface area contributed by atoms with E-state index < -0.39 is 17.8 Å². The maximum absolute atomic E-state index is 12.8. The molecule has 0 unspecified atom stereocenters. The summed E-state index contributed by atoms with van der Waals surface area (Å²) in [4.78, 5) is 38.3. The Kier molecular flexibility index (Phi) is 5.16. The summed E-state index contributed by atoms with van der Waals surface area (Å²) in [6.45, 7) is 2.47. The van der Waals surface area contributed by atoms with E-state index in [1.165, 1.54) is 11.0 Å². The monoisotopic (exact) mass is 342 g/mol. The average molecular weight is 342 g/mol. The quantitative estimate of drug-likeness (QED) is 0.674. The van der Waals surface area contributed by atoms with Crippen molar-refractivity contribution < 1.29 is 19.1 Å². The maximum Gasteiger partial charge on any atom is 0.331 e. The molecule has 1 aromatic rings. The predicted molar refractivity (Wildman–Crippen MR) is 92.8 cm³/mol. The van der Waals surface area contributed by atoms with Gasteiger partial charge in [0.15, 0.2) is 0 Å². The summed E-state index contributed by atoms with van der Waals surface area (Å²) in [7, 11) is 0. The summed E-state index contributed by atoms with van der Waals surface area (Å²) in [6.07, 6.45) is 6.22. The first-order chi connectivity index (χ1) is 12.1. The van der Waals surface area contributed by atoms with Gasteiger partial charge in [-0.1, -0.05) is 31.4 Å². The van der Waals surface area contributed by atoms with Crippen molar-refractivity contribution in [2.45, 2.75) is 45.1 Å². The van der Waals surface area contributed by atoms with Crippen LogP contribution in [0.3, 0.4) is 0 Å². The predicted octanol–water partition coefficient (Wildman–Crippen LogP) is 2.88. The van der Waals surface area contributed by atoms with Crippen molar-refractivity contribution >= 4 is 23.9 Å². The number of carbonyl (C=O) groups excluding carboxylic acids is 3. The smallest absolute Gasteiger partial charge is 0.331 e. The lowest BCUT2D eigenvalue weighted by molar-refractivity contribution is -0.132. The van der Waals surface area contributed by atoms with Crippen LogP contribution in [0, 0.1) is 0 Å². The Bertz CT molecular complexity index is 703. The first-order valence-corrected chi connectivity index (χ1v) is 8.73. The molecular weight excluding hydrogens is 320 g/mol. The van der Waals surface area contributed by atoms with E-state index in [9.17, 15) is 14.4 Å². The van der Waals surface area contributed by atoms with Crippen molar-refractivity contribution in [1.29, 1.82) is 0 Å². The van der Waals surface area contributed by atoms with Crippen LogP contribution in [0.2, 0.25) is 0 Å². The maximum atomic E-state index is 12.8. The van der Waals surface area contributed by atoms with Gasteiger partial charge in [-0.25, -0.2) is 4.79 Å². The number of benzene rings is 1. The Morgan fingerprint density at radius 1 is 1.12 bits per heavy atom. The second-order valence-electron chi connectivity index (χ2n) is 6.29. The minimum Gasteiger partial charge on any atom is -0.494 e. The molecule has 0 radical (unpaired) electrons.